The average molecular weight is 279 g/mol. The molecule has 2 saturated heterocycles. The lowest BCUT2D eigenvalue weighted by Gasteiger charge is -2.39. The van der Waals surface area contributed by atoms with Gasteiger partial charge in [0.1, 0.15) is 0 Å². The van der Waals surface area contributed by atoms with Gasteiger partial charge in [0.2, 0.25) is 5.91 Å². The second-order valence-electron chi connectivity index (χ2n) is 5.24. The summed E-state index contributed by atoms with van der Waals surface area (Å²) in [6, 6.07) is -0.424. The lowest BCUT2D eigenvalue weighted by molar-refractivity contribution is -0.193. The van der Waals surface area contributed by atoms with E-state index in [1.165, 1.54) is 0 Å². The van der Waals surface area contributed by atoms with Crippen molar-refractivity contribution < 1.29 is 14.3 Å². The van der Waals surface area contributed by atoms with Crippen LogP contribution >= 0.6 is 12.4 Å². The quantitative estimate of drug-likeness (QED) is 0.810. The molecule has 1 amide bonds. The van der Waals surface area contributed by atoms with Crippen molar-refractivity contribution in [3.63, 3.8) is 0 Å². The summed E-state index contributed by atoms with van der Waals surface area (Å²) >= 11 is 0. The first-order valence-corrected chi connectivity index (χ1v) is 6.36. The smallest absolute Gasteiger partial charge is 0.239 e. The molecule has 6 heteroatoms. The molecule has 0 saturated carbocycles. The molecule has 1 spiro atoms. The lowest BCUT2D eigenvalue weighted by Crippen LogP contribution is -2.55. The third-order valence-electron chi connectivity index (χ3n) is 3.55. The maximum atomic E-state index is 12.2. The van der Waals surface area contributed by atoms with Crippen LogP contribution in [0.4, 0.5) is 0 Å². The SMILES string of the molecule is CC(C)[C@H](N)C(=O)N1CCCC2(C1)OCCO2.Cl. The van der Waals surface area contributed by atoms with Crippen molar-refractivity contribution in [1.82, 2.24) is 4.90 Å². The Morgan fingerprint density at radius 1 is 1.33 bits per heavy atom. The molecule has 1 atom stereocenters. The van der Waals surface area contributed by atoms with Gasteiger partial charge < -0.3 is 20.1 Å². The maximum absolute atomic E-state index is 12.2. The van der Waals surface area contributed by atoms with E-state index in [0.29, 0.717) is 19.8 Å². The zero-order chi connectivity index (χ0) is 12.5. The zero-order valence-electron chi connectivity index (χ0n) is 11.1. The van der Waals surface area contributed by atoms with E-state index in [2.05, 4.69) is 0 Å². The number of hydrogen-bond acceptors (Lipinski definition) is 4. The molecule has 0 aromatic carbocycles. The first kappa shape index (κ1) is 15.7. The normalized spacial score (nSPS) is 24.1. The topological polar surface area (TPSA) is 64.8 Å². The fourth-order valence-electron chi connectivity index (χ4n) is 2.40. The summed E-state index contributed by atoms with van der Waals surface area (Å²) in [7, 11) is 0. The van der Waals surface area contributed by atoms with Crippen molar-refractivity contribution in [3.05, 3.63) is 0 Å². The highest BCUT2D eigenvalue weighted by atomic mass is 35.5. The van der Waals surface area contributed by atoms with E-state index in [4.69, 9.17) is 15.2 Å². The first-order chi connectivity index (χ1) is 8.04. The van der Waals surface area contributed by atoms with E-state index >= 15 is 0 Å². The molecule has 0 bridgehead atoms. The maximum Gasteiger partial charge on any atom is 0.239 e. The van der Waals surface area contributed by atoms with Crippen molar-refractivity contribution in [2.24, 2.45) is 11.7 Å². The molecule has 0 aliphatic carbocycles. The van der Waals surface area contributed by atoms with Crippen LogP contribution in [0.1, 0.15) is 26.7 Å². The Hall–Kier alpha value is -0.360. The molecular formula is C12H23ClN2O3. The van der Waals surface area contributed by atoms with E-state index < -0.39 is 11.8 Å². The van der Waals surface area contributed by atoms with Gasteiger partial charge in [-0.25, -0.2) is 0 Å². The van der Waals surface area contributed by atoms with Crippen molar-refractivity contribution in [1.29, 1.82) is 0 Å². The highest BCUT2D eigenvalue weighted by Gasteiger charge is 2.42. The predicted molar refractivity (Wildman–Crippen MR) is 70.5 cm³/mol. The van der Waals surface area contributed by atoms with Crippen LogP contribution in [-0.2, 0) is 14.3 Å². The fraction of sp³-hybridized carbons (Fsp3) is 0.917. The van der Waals surface area contributed by atoms with Crippen LogP contribution in [0.25, 0.3) is 0 Å². The molecule has 2 rings (SSSR count). The molecule has 2 N–H and O–H groups in total. The number of hydrogen-bond donors (Lipinski definition) is 1. The second kappa shape index (κ2) is 6.19. The number of halogens is 1. The standard InChI is InChI=1S/C12H22N2O3.ClH/c1-9(2)10(13)11(15)14-5-3-4-12(8-14)16-6-7-17-12;/h9-10H,3-8,13H2,1-2H3;1H/t10-;/m0./s1. The Balaban J connectivity index is 0.00000162. The van der Waals surface area contributed by atoms with E-state index in [1.807, 2.05) is 13.8 Å². The fourth-order valence-corrected chi connectivity index (χ4v) is 2.40. The van der Waals surface area contributed by atoms with Gasteiger partial charge in [-0.05, 0) is 12.3 Å². The molecule has 0 aromatic heterocycles. The van der Waals surface area contributed by atoms with Crippen molar-refractivity contribution in [2.75, 3.05) is 26.3 Å². The monoisotopic (exact) mass is 278 g/mol. The summed E-state index contributed by atoms with van der Waals surface area (Å²) in [6.07, 6.45) is 1.78. The summed E-state index contributed by atoms with van der Waals surface area (Å²) in [5.41, 5.74) is 5.91. The number of carbonyl (C=O) groups is 1. The van der Waals surface area contributed by atoms with E-state index in [9.17, 15) is 4.79 Å². The van der Waals surface area contributed by atoms with Crippen molar-refractivity contribution in [2.45, 2.75) is 38.5 Å². The third kappa shape index (κ3) is 3.15. The number of nitrogens with zero attached hydrogens (tertiary/aromatic N) is 1. The number of ether oxygens (including phenoxy) is 2. The molecule has 18 heavy (non-hydrogen) atoms. The van der Waals surface area contributed by atoms with Crippen LogP contribution in [-0.4, -0.2) is 48.9 Å². The Bertz CT molecular complexity index is 293. The molecule has 5 nitrogen and oxygen atoms in total. The molecule has 2 aliphatic heterocycles. The lowest BCUT2D eigenvalue weighted by atomic mass is 10.00. The number of rotatable bonds is 2. The zero-order valence-corrected chi connectivity index (χ0v) is 11.9. The van der Waals surface area contributed by atoms with Crippen LogP contribution in [0, 0.1) is 5.92 Å². The van der Waals surface area contributed by atoms with Crippen LogP contribution < -0.4 is 5.73 Å². The molecule has 0 radical (unpaired) electrons. The van der Waals surface area contributed by atoms with Gasteiger partial charge in [-0.15, -0.1) is 12.4 Å². The second-order valence-corrected chi connectivity index (χ2v) is 5.24. The predicted octanol–water partition coefficient (Wildman–Crippen LogP) is 0.757. The van der Waals surface area contributed by atoms with Crippen LogP contribution in [0.2, 0.25) is 0 Å². The van der Waals surface area contributed by atoms with Crippen LogP contribution in [0.15, 0.2) is 0 Å². The van der Waals surface area contributed by atoms with E-state index in [0.717, 1.165) is 19.4 Å². The van der Waals surface area contributed by atoms with Gasteiger partial charge >= 0.3 is 0 Å². The van der Waals surface area contributed by atoms with Gasteiger partial charge in [0.05, 0.1) is 25.8 Å². The molecule has 0 aromatic rings. The minimum Gasteiger partial charge on any atom is -0.346 e. The number of piperidine rings is 1. The minimum absolute atomic E-state index is 0. The summed E-state index contributed by atoms with van der Waals surface area (Å²) < 4.78 is 11.3. The van der Waals surface area contributed by atoms with Crippen LogP contribution in [0.5, 0.6) is 0 Å². The average Bonchev–Trinajstić information content (AvgIpc) is 2.75. The van der Waals surface area contributed by atoms with Gasteiger partial charge in [-0.2, -0.15) is 0 Å². The van der Waals surface area contributed by atoms with Crippen LogP contribution in [0.3, 0.4) is 0 Å². The van der Waals surface area contributed by atoms with Crippen molar-refractivity contribution in [3.8, 4) is 0 Å². The van der Waals surface area contributed by atoms with Gasteiger partial charge in [0.25, 0.3) is 0 Å². The van der Waals surface area contributed by atoms with E-state index in [1.54, 1.807) is 4.90 Å². The Labute approximate surface area is 114 Å². The minimum atomic E-state index is -0.551. The highest BCUT2D eigenvalue weighted by molar-refractivity contribution is 5.85. The molecule has 2 fully saturated rings. The van der Waals surface area contributed by atoms with Crippen molar-refractivity contribution >= 4 is 18.3 Å². The molecule has 0 unspecified atom stereocenters. The number of nitrogens with two attached hydrogens (primary N) is 1. The Morgan fingerprint density at radius 3 is 2.50 bits per heavy atom. The Morgan fingerprint density at radius 2 is 1.94 bits per heavy atom. The molecule has 2 aliphatic rings. The summed E-state index contributed by atoms with van der Waals surface area (Å²) in [5, 5.41) is 0. The Kier molecular flexibility index (Phi) is 5.40. The summed E-state index contributed by atoms with van der Waals surface area (Å²) in [4.78, 5) is 14.0. The number of carbonyl (C=O) groups excluding carboxylic acids is 1. The van der Waals surface area contributed by atoms with Gasteiger partial charge in [0.15, 0.2) is 5.79 Å². The highest BCUT2D eigenvalue weighted by Crippen LogP contribution is 2.30. The summed E-state index contributed by atoms with van der Waals surface area (Å²) in [5.74, 6) is -0.381. The van der Waals surface area contributed by atoms with Gasteiger partial charge in [-0.1, -0.05) is 13.8 Å². The number of likely N-dealkylation sites (tertiary alicyclic amines) is 1. The largest absolute Gasteiger partial charge is 0.346 e. The van der Waals surface area contributed by atoms with Gasteiger partial charge in [-0.3, -0.25) is 4.79 Å². The van der Waals surface area contributed by atoms with E-state index in [-0.39, 0.29) is 24.2 Å². The molecule has 106 valence electrons. The third-order valence-corrected chi connectivity index (χ3v) is 3.55. The number of amides is 1. The summed E-state index contributed by atoms with van der Waals surface area (Å²) in [6.45, 7) is 6.45. The molecule has 2 heterocycles. The molecular weight excluding hydrogens is 256 g/mol. The first-order valence-electron chi connectivity index (χ1n) is 6.36. The van der Waals surface area contributed by atoms with Gasteiger partial charge in [0, 0.05) is 13.0 Å².